The second kappa shape index (κ2) is 4.57. The predicted octanol–water partition coefficient (Wildman–Crippen LogP) is -0.247. The van der Waals surface area contributed by atoms with E-state index in [0.717, 1.165) is 16.5 Å². The van der Waals surface area contributed by atoms with Gasteiger partial charge in [0, 0.05) is 0 Å². The fourth-order valence-electron chi connectivity index (χ4n) is 0.482. The zero-order valence-corrected chi connectivity index (χ0v) is 8.60. The van der Waals surface area contributed by atoms with Crippen LogP contribution in [-0.2, 0) is 0 Å². The molecule has 0 radical (unpaired) electrons. The Kier molecular flexibility index (Phi) is 4.98. The summed E-state index contributed by atoms with van der Waals surface area (Å²) < 4.78 is 1.16. The summed E-state index contributed by atoms with van der Waals surface area (Å²) in [4.78, 5) is 2.22. The van der Waals surface area contributed by atoms with Crippen molar-refractivity contribution < 1.29 is 0 Å². The first-order chi connectivity index (χ1) is 3.72. The topological polar surface area (TPSA) is 3.24 Å². The standard InChI is InChI=1S/C5H11NSe2/c1-3-6(4-2)5(7)8/h3-4H2,1-2H3,(H,7,8)/p-1. The van der Waals surface area contributed by atoms with Gasteiger partial charge in [-0.15, -0.1) is 0 Å². The van der Waals surface area contributed by atoms with Crippen LogP contribution in [0.15, 0.2) is 0 Å². The van der Waals surface area contributed by atoms with E-state index >= 15 is 0 Å². The molecule has 0 atom stereocenters. The van der Waals surface area contributed by atoms with Crippen molar-refractivity contribution in [2.24, 2.45) is 0 Å². The number of hydrogen-bond donors (Lipinski definition) is 0. The van der Waals surface area contributed by atoms with Crippen LogP contribution in [-0.4, -0.2) is 53.0 Å². The maximum atomic E-state index is 2.93. The second-order valence-corrected chi connectivity index (χ2v) is 4.37. The van der Waals surface area contributed by atoms with Crippen molar-refractivity contribution >= 4 is 35.0 Å². The van der Waals surface area contributed by atoms with E-state index < -0.39 is 0 Å². The van der Waals surface area contributed by atoms with Crippen molar-refractivity contribution in [2.75, 3.05) is 13.1 Å². The summed E-state index contributed by atoms with van der Waals surface area (Å²) in [7, 11) is 0. The van der Waals surface area contributed by atoms with E-state index in [1.165, 1.54) is 0 Å². The summed E-state index contributed by atoms with van der Waals surface area (Å²) in [5.74, 6) is 0. The molecule has 0 aliphatic carbocycles. The number of hydrogen-bond acceptors (Lipinski definition) is 1. The molecule has 0 aliphatic rings. The van der Waals surface area contributed by atoms with Crippen molar-refractivity contribution in [1.29, 1.82) is 0 Å². The molecule has 0 aromatic heterocycles. The van der Waals surface area contributed by atoms with E-state index in [1.807, 2.05) is 0 Å². The first kappa shape index (κ1) is 8.71. The van der Waals surface area contributed by atoms with Gasteiger partial charge >= 0.3 is 66.9 Å². The molecule has 0 amide bonds. The van der Waals surface area contributed by atoms with Crippen molar-refractivity contribution in [1.82, 2.24) is 4.90 Å². The Balaban J connectivity index is 3.52. The Bertz CT molecular complexity index is 78.5. The van der Waals surface area contributed by atoms with Crippen LogP contribution in [0.5, 0.6) is 0 Å². The van der Waals surface area contributed by atoms with Crippen LogP contribution in [0.3, 0.4) is 0 Å². The van der Waals surface area contributed by atoms with E-state index in [4.69, 9.17) is 0 Å². The van der Waals surface area contributed by atoms with Gasteiger partial charge < -0.3 is 0 Å². The summed E-state index contributed by atoms with van der Waals surface area (Å²) in [6, 6.07) is 0. The van der Waals surface area contributed by atoms with Gasteiger partial charge in [0.05, 0.1) is 0 Å². The normalized spacial score (nSPS) is 8.75. The molecule has 3 heteroatoms. The molecule has 0 aliphatic heterocycles. The van der Waals surface area contributed by atoms with Crippen LogP contribution in [0.25, 0.3) is 0 Å². The van der Waals surface area contributed by atoms with Gasteiger partial charge in [-0.25, -0.2) is 0 Å². The summed E-state index contributed by atoms with van der Waals surface area (Å²) in [5.41, 5.74) is 0. The van der Waals surface area contributed by atoms with Gasteiger partial charge in [0.1, 0.15) is 0 Å². The predicted molar refractivity (Wildman–Crippen MR) is 39.4 cm³/mol. The number of nitrogens with zero attached hydrogens (tertiary/aromatic N) is 1. The molecular weight excluding hydrogens is 232 g/mol. The molecule has 0 bridgehead atoms. The Labute approximate surface area is 67.0 Å². The molecule has 0 saturated heterocycles. The molecule has 48 valence electrons. The third kappa shape index (κ3) is 2.88. The van der Waals surface area contributed by atoms with E-state index in [1.54, 1.807) is 0 Å². The van der Waals surface area contributed by atoms with Crippen LogP contribution in [0.2, 0.25) is 0 Å². The van der Waals surface area contributed by atoms with Crippen molar-refractivity contribution in [3.05, 3.63) is 0 Å². The fraction of sp³-hybridized carbons (Fsp3) is 0.800. The Hall–Kier alpha value is 0.709. The molecule has 1 nitrogen and oxygen atoms in total. The number of rotatable bonds is 3. The Morgan fingerprint density at radius 3 is 1.88 bits per heavy atom. The van der Waals surface area contributed by atoms with Crippen molar-refractivity contribution in [3.63, 3.8) is 0 Å². The molecular formula is C5H10NSe2-. The van der Waals surface area contributed by atoms with Gasteiger partial charge in [0.2, 0.25) is 0 Å². The van der Waals surface area contributed by atoms with Crippen molar-refractivity contribution in [3.8, 4) is 0 Å². The fourth-order valence-corrected chi connectivity index (χ4v) is 1.57. The molecule has 0 aromatic carbocycles. The third-order valence-corrected chi connectivity index (χ3v) is 2.11. The second-order valence-electron chi connectivity index (χ2n) is 1.44. The van der Waals surface area contributed by atoms with Gasteiger partial charge in [0.25, 0.3) is 0 Å². The van der Waals surface area contributed by atoms with Crippen LogP contribution < -0.4 is 0 Å². The first-order valence-electron chi connectivity index (χ1n) is 2.68. The Morgan fingerprint density at radius 2 is 1.88 bits per heavy atom. The van der Waals surface area contributed by atoms with Crippen LogP contribution in [0.1, 0.15) is 13.8 Å². The summed E-state index contributed by atoms with van der Waals surface area (Å²) >= 11 is 5.86. The van der Waals surface area contributed by atoms with Crippen molar-refractivity contribution in [2.45, 2.75) is 13.8 Å². The van der Waals surface area contributed by atoms with E-state index in [2.05, 4.69) is 50.3 Å². The van der Waals surface area contributed by atoms with Crippen LogP contribution in [0, 0.1) is 0 Å². The summed E-state index contributed by atoms with van der Waals surface area (Å²) in [6.07, 6.45) is 0. The molecule has 0 heterocycles. The molecule has 0 fully saturated rings. The molecule has 0 N–H and O–H groups in total. The minimum absolute atomic E-state index is 1.08. The molecule has 0 aromatic rings. The van der Waals surface area contributed by atoms with Gasteiger partial charge in [0.15, 0.2) is 0 Å². The van der Waals surface area contributed by atoms with E-state index in [-0.39, 0.29) is 0 Å². The van der Waals surface area contributed by atoms with Gasteiger partial charge in [-0.3, -0.25) is 0 Å². The SMILES string of the molecule is CCN(CC)C(=[Se])[Se-]. The van der Waals surface area contributed by atoms with Gasteiger partial charge in [-0.05, 0) is 0 Å². The molecule has 0 spiro atoms. The summed E-state index contributed by atoms with van der Waals surface area (Å²) in [6.45, 7) is 6.42. The maximum absolute atomic E-state index is 2.93. The first-order valence-corrected chi connectivity index (χ1v) is 4.39. The van der Waals surface area contributed by atoms with E-state index in [9.17, 15) is 0 Å². The van der Waals surface area contributed by atoms with Gasteiger partial charge in [-0.2, -0.15) is 0 Å². The monoisotopic (exact) mass is 244 g/mol. The molecule has 0 unspecified atom stereocenters. The average molecular weight is 242 g/mol. The van der Waals surface area contributed by atoms with Crippen LogP contribution >= 0.6 is 0 Å². The molecule has 0 saturated carbocycles. The third-order valence-electron chi connectivity index (χ3n) is 1.02. The zero-order valence-electron chi connectivity index (χ0n) is 5.18. The average Bonchev–Trinajstić information content (AvgIpc) is 1.69. The molecule has 0 rings (SSSR count). The zero-order chi connectivity index (χ0) is 6.57. The van der Waals surface area contributed by atoms with Crippen LogP contribution in [0.4, 0.5) is 0 Å². The van der Waals surface area contributed by atoms with E-state index in [0.29, 0.717) is 0 Å². The minimum atomic E-state index is 1.08. The summed E-state index contributed by atoms with van der Waals surface area (Å²) in [5, 5.41) is 0. The quantitative estimate of drug-likeness (QED) is 0.617. The Morgan fingerprint density at radius 1 is 1.50 bits per heavy atom. The van der Waals surface area contributed by atoms with Gasteiger partial charge in [-0.1, -0.05) is 0 Å². The molecule has 8 heavy (non-hydrogen) atoms.